The first-order valence-electron chi connectivity index (χ1n) is 4.04. The van der Waals surface area contributed by atoms with Gasteiger partial charge >= 0.3 is 0 Å². The van der Waals surface area contributed by atoms with E-state index in [1.807, 2.05) is 19.1 Å². The molecular weight excluding hydrogens is 172 g/mol. The second-order valence-electron chi connectivity index (χ2n) is 3.13. The van der Waals surface area contributed by atoms with Crippen molar-refractivity contribution in [1.29, 1.82) is 0 Å². The van der Waals surface area contributed by atoms with Gasteiger partial charge in [-0.05, 0) is 31.0 Å². The SMILES string of the molecule is CCC(C)(O)c1ccc(Cl)cc1. The van der Waals surface area contributed by atoms with Crippen molar-refractivity contribution in [1.82, 2.24) is 0 Å². The second kappa shape index (κ2) is 3.46. The van der Waals surface area contributed by atoms with Crippen molar-refractivity contribution < 1.29 is 5.11 Å². The molecule has 1 aromatic rings. The Morgan fingerprint density at radius 2 is 1.83 bits per heavy atom. The van der Waals surface area contributed by atoms with E-state index in [1.54, 1.807) is 19.1 Å². The van der Waals surface area contributed by atoms with E-state index in [4.69, 9.17) is 11.6 Å². The van der Waals surface area contributed by atoms with Gasteiger partial charge < -0.3 is 5.11 Å². The summed E-state index contributed by atoms with van der Waals surface area (Å²) in [6, 6.07) is 7.29. The van der Waals surface area contributed by atoms with E-state index in [1.165, 1.54) is 0 Å². The van der Waals surface area contributed by atoms with E-state index >= 15 is 0 Å². The Bertz CT molecular complexity index is 251. The van der Waals surface area contributed by atoms with Crippen LogP contribution in [0.3, 0.4) is 0 Å². The summed E-state index contributed by atoms with van der Waals surface area (Å²) in [5.41, 5.74) is 0.180. The quantitative estimate of drug-likeness (QED) is 0.750. The number of benzene rings is 1. The molecule has 0 radical (unpaired) electrons. The summed E-state index contributed by atoms with van der Waals surface area (Å²) in [5.74, 6) is 0. The lowest BCUT2D eigenvalue weighted by molar-refractivity contribution is 0.0531. The molecule has 0 heterocycles. The smallest absolute Gasteiger partial charge is 0.0865 e. The van der Waals surface area contributed by atoms with Crippen molar-refractivity contribution in [2.75, 3.05) is 0 Å². The van der Waals surface area contributed by atoms with Gasteiger partial charge in [-0.2, -0.15) is 0 Å². The molecule has 0 aliphatic heterocycles. The molecule has 66 valence electrons. The fraction of sp³-hybridized carbons (Fsp3) is 0.400. The van der Waals surface area contributed by atoms with Crippen LogP contribution in [0.1, 0.15) is 25.8 Å². The average molecular weight is 185 g/mol. The molecule has 0 saturated heterocycles. The maximum Gasteiger partial charge on any atom is 0.0865 e. The first-order valence-corrected chi connectivity index (χ1v) is 4.42. The molecule has 0 fully saturated rings. The molecule has 1 nitrogen and oxygen atoms in total. The third kappa shape index (κ3) is 1.99. The average Bonchev–Trinajstić information content (AvgIpc) is 2.05. The zero-order valence-corrected chi connectivity index (χ0v) is 8.10. The van der Waals surface area contributed by atoms with Crippen LogP contribution in [0.4, 0.5) is 0 Å². The van der Waals surface area contributed by atoms with Crippen LogP contribution < -0.4 is 0 Å². The maximum absolute atomic E-state index is 9.84. The fourth-order valence-electron chi connectivity index (χ4n) is 1.01. The van der Waals surface area contributed by atoms with Crippen LogP contribution in [0.15, 0.2) is 24.3 Å². The number of hydrogen-bond donors (Lipinski definition) is 1. The van der Waals surface area contributed by atoms with Crippen LogP contribution in [-0.4, -0.2) is 5.11 Å². The minimum atomic E-state index is -0.732. The Morgan fingerprint density at radius 3 is 2.25 bits per heavy atom. The van der Waals surface area contributed by atoms with Gasteiger partial charge in [-0.1, -0.05) is 30.7 Å². The normalized spacial score (nSPS) is 15.7. The first-order chi connectivity index (χ1) is 5.56. The van der Waals surface area contributed by atoms with E-state index in [0.717, 1.165) is 5.56 Å². The van der Waals surface area contributed by atoms with E-state index < -0.39 is 5.60 Å². The maximum atomic E-state index is 9.84. The van der Waals surface area contributed by atoms with Crippen LogP contribution in [-0.2, 0) is 5.60 Å². The standard InChI is InChI=1S/C10H13ClO/c1-3-10(2,12)8-4-6-9(11)7-5-8/h4-7,12H,3H2,1-2H3. The predicted octanol–water partition coefficient (Wildman–Crippen LogP) is 2.96. The molecule has 1 unspecified atom stereocenters. The molecule has 2 heteroatoms. The van der Waals surface area contributed by atoms with Gasteiger partial charge in [0.25, 0.3) is 0 Å². The second-order valence-corrected chi connectivity index (χ2v) is 3.57. The molecule has 0 spiro atoms. The number of halogens is 1. The van der Waals surface area contributed by atoms with Gasteiger partial charge in [-0.15, -0.1) is 0 Å². The minimum Gasteiger partial charge on any atom is -0.385 e. The molecule has 0 bridgehead atoms. The summed E-state index contributed by atoms with van der Waals surface area (Å²) in [6.45, 7) is 3.75. The Morgan fingerprint density at radius 1 is 1.33 bits per heavy atom. The lowest BCUT2D eigenvalue weighted by Crippen LogP contribution is -2.19. The Labute approximate surface area is 78.0 Å². The van der Waals surface area contributed by atoms with E-state index in [0.29, 0.717) is 11.4 Å². The molecule has 1 N–H and O–H groups in total. The van der Waals surface area contributed by atoms with E-state index in [9.17, 15) is 5.11 Å². The Kier molecular flexibility index (Phi) is 2.76. The largest absolute Gasteiger partial charge is 0.385 e. The lowest BCUT2D eigenvalue weighted by Gasteiger charge is -2.21. The van der Waals surface area contributed by atoms with Crippen molar-refractivity contribution >= 4 is 11.6 Å². The van der Waals surface area contributed by atoms with Crippen molar-refractivity contribution in [2.24, 2.45) is 0 Å². The third-order valence-corrected chi connectivity index (χ3v) is 2.41. The number of aliphatic hydroxyl groups is 1. The Hall–Kier alpha value is -0.530. The highest BCUT2D eigenvalue weighted by atomic mass is 35.5. The first kappa shape index (κ1) is 9.56. The van der Waals surface area contributed by atoms with Crippen LogP contribution in [0, 0.1) is 0 Å². The molecular formula is C10H13ClO. The van der Waals surface area contributed by atoms with Crippen molar-refractivity contribution in [2.45, 2.75) is 25.9 Å². The van der Waals surface area contributed by atoms with Crippen LogP contribution in [0.2, 0.25) is 5.02 Å². The van der Waals surface area contributed by atoms with Gasteiger partial charge in [-0.25, -0.2) is 0 Å². The topological polar surface area (TPSA) is 20.2 Å². The zero-order valence-electron chi connectivity index (χ0n) is 7.34. The van der Waals surface area contributed by atoms with Crippen molar-refractivity contribution in [3.63, 3.8) is 0 Å². The third-order valence-electron chi connectivity index (χ3n) is 2.15. The molecule has 0 saturated carbocycles. The van der Waals surface area contributed by atoms with Crippen LogP contribution in [0.5, 0.6) is 0 Å². The predicted molar refractivity (Wildman–Crippen MR) is 51.3 cm³/mol. The van der Waals surface area contributed by atoms with Crippen LogP contribution >= 0.6 is 11.6 Å². The summed E-state index contributed by atoms with van der Waals surface area (Å²) in [5, 5.41) is 10.5. The van der Waals surface area contributed by atoms with Crippen LogP contribution in [0.25, 0.3) is 0 Å². The molecule has 0 amide bonds. The van der Waals surface area contributed by atoms with Crippen molar-refractivity contribution in [3.05, 3.63) is 34.9 Å². The van der Waals surface area contributed by atoms with Crippen molar-refractivity contribution in [3.8, 4) is 0 Å². The summed E-state index contributed by atoms with van der Waals surface area (Å²) >= 11 is 5.72. The summed E-state index contributed by atoms with van der Waals surface area (Å²) in [4.78, 5) is 0. The van der Waals surface area contributed by atoms with Gasteiger partial charge in [0, 0.05) is 5.02 Å². The number of rotatable bonds is 2. The zero-order chi connectivity index (χ0) is 9.19. The molecule has 12 heavy (non-hydrogen) atoms. The summed E-state index contributed by atoms with van der Waals surface area (Å²) in [7, 11) is 0. The summed E-state index contributed by atoms with van der Waals surface area (Å²) < 4.78 is 0. The monoisotopic (exact) mass is 184 g/mol. The minimum absolute atomic E-state index is 0.700. The molecule has 1 atom stereocenters. The molecule has 1 aromatic carbocycles. The van der Waals surface area contributed by atoms with E-state index in [2.05, 4.69) is 0 Å². The number of hydrogen-bond acceptors (Lipinski definition) is 1. The van der Waals surface area contributed by atoms with Gasteiger partial charge in [0.1, 0.15) is 0 Å². The van der Waals surface area contributed by atoms with Gasteiger partial charge in [0.2, 0.25) is 0 Å². The molecule has 0 aliphatic rings. The van der Waals surface area contributed by atoms with Gasteiger partial charge in [0.05, 0.1) is 5.60 Å². The Balaban J connectivity index is 2.96. The molecule has 0 aliphatic carbocycles. The highest BCUT2D eigenvalue weighted by molar-refractivity contribution is 6.30. The highest BCUT2D eigenvalue weighted by Gasteiger charge is 2.19. The molecule has 1 rings (SSSR count). The van der Waals surface area contributed by atoms with E-state index in [-0.39, 0.29) is 0 Å². The highest BCUT2D eigenvalue weighted by Crippen LogP contribution is 2.24. The van der Waals surface area contributed by atoms with Gasteiger partial charge in [0.15, 0.2) is 0 Å². The molecule has 0 aromatic heterocycles. The summed E-state index contributed by atoms with van der Waals surface area (Å²) in [6.07, 6.45) is 0.703. The van der Waals surface area contributed by atoms with Gasteiger partial charge in [-0.3, -0.25) is 0 Å². The fourth-order valence-corrected chi connectivity index (χ4v) is 1.14. The lowest BCUT2D eigenvalue weighted by atomic mass is 9.94.